The van der Waals surface area contributed by atoms with Gasteiger partial charge in [-0.2, -0.15) is 5.26 Å². The average molecular weight is 445 g/mol. The zero-order valence-electron chi connectivity index (χ0n) is 15.9. The summed E-state index contributed by atoms with van der Waals surface area (Å²) in [6.07, 6.45) is 2.36. The maximum Gasteiger partial charge on any atom is 0.266 e. The van der Waals surface area contributed by atoms with Crippen LogP contribution >= 0.6 is 15.9 Å². The molecule has 1 amide bonds. The summed E-state index contributed by atoms with van der Waals surface area (Å²) in [5, 5.41) is 12.1. The Balaban J connectivity index is 2.27. The Hall–Kier alpha value is -2.98. The molecule has 0 saturated heterocycles. The van der Waals surface area contributed by atoms with E-state index in [0.29, 0.717) is 39.6 Å². The van der Waals surface area contributed by atoms with Crippen LogP contribution < -0.4 is 19.5 Å². The van der Waals surface area contributed by atoms with Crippen molar-refractivity contribution in [2.24, 2.45) is 0 Å². The van der Waals surface area contributed by atoms with E-state index in [1.165, 1.54) is 13.2 Å². The van der Waals surface area contributed by atoms with Crippen LogP contribution in [-0.2, 0) is 4.79 Å². The minimum atomic E-state index is -0.509. The molecule has 0 aliphatic carbocycles. The van der Waals surface area contributed by atoms with Crippen molar-refractivity contribution in [3.63, 3.8) is 0 Å². The zero-order valence-corrected chi connectivity index (χ0v) is 17.5. The Morgan fingerprint density at radius 1 is 1.18 bits per heavy atom. The number of halogens is 1. The summed E-state index contributed by atoms with van der Waals surface area (Å²) in [6, 6.07) is 12.3. The number of carbonyl (C=O) groups excluding carboxylic acids is 1. The summed E-state index contributed by atoms with van der Waals surface area (Å²) in [7, 11) is 3.10. The Labute approximate surface area is 172 Å². The van der Waals surface area contributed by atoms with Crippen LogP contribution in [0.4, 0.5) is 5.69 Å². The van der Waals surface area contributed by atoms with E-state index in [2.05, 4.69) is 21.2 Å². The summed E-state index contributed by atoms with van der Waals surface area (Å²) in [6.45, 7) is 2.57. The van der Waals surface area contributed by atoms with Crippen molar-refractivity contribution in [1.82, 2.24) is 0 Å². The lowest BCUT2D eigenvalue weighted by Crippen LogP contribution is -2.13. The lowest BCUT2D eigenvalue weighted by molar-refractivity contribution is -0.112. The van der Waals surface area contributed by atoms with Crippen molar-refractivity contribution in [3.8, 4) is 23.3 Å². The van der Waals surface area contributed by atoms with Crippen LogP contribution in [0.15, 0.2) is 46.4 Å². The second-order valence-corrected chi connectivity index (χ2v) is 6.58. The number of anilines is 1. The molecule has 0 saturated carbocycles. The molecule has 0 radical (unpaired) electrons. The summed E-state index contributed by atoms with van der Waals surface area (Å²) < 4.78 is 16.8. The van der Waals surface area contributed by atoms with Crippen molar-refractivity contribution >= 4 is 33.6 Å². The van der Waals surface area contributed by atoms with Gasteiger partial charge in [0.15, 0.2) is 11.5 Å². The summed E-state index contributed by atoms with van der Waals surface area (Å²) in [5.74, 6) is 1.28. The van der Waals surface area contributed by atoms with Crippen LogP contribution in [0.2, 0.25) is 0 Å². The third kappa shape index (κ3) is 5.51. The van der Waals surface area contributed by atoms with Gasteiger partial charge in [-0.15, -0.1) is 0 Å². The topological polar surface area (TPSA) is 80.6 Å². The third-order valence-electron chi connectivity index (χ3n) is 3.76. The number of nitrogens with zero attached hydrogens (tertiary/aromatic N) is 1. The largest absolute Gasteiger partial charge is 0.497 e. The molecule has 7 heteroatoms. The number of benzene rings is 2. The predicted octanol–water partition coefficient (Wildman–Crippen LogP) is 4.80. The number of methoxy groups -OCH3 is 2. The molecule has 2 rings (SSSR count). The van der Waals surface area contributed by atoms with Crippen LogP contribution in [-0.4, -0.2) is 26.7 Å². The third-order valence-corrected chi connectivity index (χ3v) is 4.44. The molecule has 0 fully saturated rings. The fourth-order valence-corrected chi connectivity index (χ4v) is 2.76. The number of carbonyl (C=O) groups is 1. The number of ether oxygens (including phenoxy) is 3. The van der Waals surface area contributed by atoms with Gasteiger partial charge in [-0.25, -0.2) is 0 Å². The molecular weight excluding hydrogens is 424 g/mol. The minimum Gasteiger partial charge on any atom is -0.497 e. The fraction of sp³-hybridized carbons (Fsp3) is 0.238. The van der Waals surface area contributed by atoms with Crippen LogP contribution in [0.5, 0.6) is 17.2 Å². The number of amides is 1. The van der Waals surface area contributed by atoms with Gasteiger partial charge in [-0.3, -0.25) is 4.79 Å². The second-order valence-electron chi connectivity index (χ2n) is 5.73. The van der Waals surface area contributed by atoms with Gasteiger partial charge in [-0.05, 0) is 54.5 Å². The standard InChI is InChI=1S/C21H21BrN2O4/c1-4-9-28-20-12-18(22)14(11-19(20)27-3)10-15(13-23)21(25)24-16-5-7-17(26-2)8-6-16/h5-8,10-12H,4,9H2,1-3H3,(H,24,25)/b15-10-. The second kappa shape index (κ2) is 10.4. The maximum atomic E-state index is 12.5. The molecule has 1 N–H and O–H groups in total. The summed E-state index contributed by atoms with van der Waals surface area (Å²) >= 11 is 3.46. The first-order valence-corrected chi connectivity index (χ1v) is 9.39. The summed E-state index contributed by atoms with van der Waals surface area (Å²) in [4.78, 5) is 12.5. The van der Waals surface area contributed by atoms with E-state index >= 15 is 0 Å². The van der Waals surface area contributed by atoms with Crippen molar-refractivity contribution in [2.45, 2.75) is 13.3 Å². The first-order chi connectivity index (χ1) is 13.5. The molecule has 0 heterocycles. The van der Waals surface area contributed by atoms with E-state index in [9.17, 15) is 10.1 Å². The van der Waals surface area contributed by atoms with Crippen molar-refractivity contribution < 1.29 is 19.0 Å². The molecule has 0 aliphatic heterocycles. The lowest BCUT2D eigenvalue weighted by Gasteiger charge is -2.12. The number of hydrogen-bond acceptors (Lipinski definition) is 5. The lowest BCUT2D eigenvalue weighted by atomic mass is 10.1. The van der Waals surface area contributed by atoms with Crippen LogP contribution in [0.3, 0.4) is 0 Å². The van der Waals surface area contributed by atoms with E-state index in [1.807, 2.05) is 13.0 Å². The van der Waals surface area contributed by atoms with Gasteiger partial charge in [0.2, 0.25) is 0 Å². The molecule has 0 bridgehead atoms. The van der Waals surface area contributed by atoms with E-state index in [-0.39, 0.29) is 5.57 Å². The van der Waals surface area contributed by atoms with E-state index in [4.69, 9.17) is 14.2 Å². The van der Waals surface area contributed by atoms with E-state index in [0.717, 1.165) is 6.42 Å². The molecule has 0 aromatic heterocycles. The average Bonchev–Trinajstić information content (AvgIpc) is 2.71. The molecular formula is C21H21BrN2O4. The zero-order chi connectivity index (χ0) is 20.5. The molecule has 0 unspecified atom stereocenters. The molecule has 28 heavy (non-hydrogen) atoms. The monoisotopic (exact) mass is 444 g/mol. The Morgan fingerprint density at radius 3 is 2.46 bits per heavy atom. The highest BCUT2D eigenvalue weighted by atomic mass is 79.9. The fourth-order valence-electron chi connectivity index (χ4n) is 2.32. The normalized spacial score (nSPS) is 10.8. The van der Waals surface area contributed by atoms with Gasteiger partial charge in [0, 0.05) is 10.2 Å². The van der Waals surface area contributed by atoms with Crippen molar-refractivity contribution in [1.29, 1.82) is 5.26 Å². The van der Waals surface area contributed by atoms with Gasteiger partial charge in [0.25, 0.3) is 5.91 Å². The summed E-state index contributed by atoms with van der Waals surface area (Å²) in [5.41, 5.74) is 1.15. The first-order valence-electron chi connectivity index (χ1n) is 8.59. The van der Waals surface area contributed by atoms with Crippen molar-refractivity contribution in [2.75, 3.05) is 26.1 Å². The van der Waals surface area contributed by atoms with Crippen LogP contribution in [0.1, 0.15) is 18.9 Å². The molecule has 2 aromatic carbocycles. The molecule has 0 aliphatic rings. The predicted molar refractivity (Wildman–Crippen MR) is 112 cm³/mol. The Kier molecular flexibility index (Phi) is 7.90. The molecule has 6 nitrogen and oxygen atoms in total. The highest BCUT2D eigenvalue weighted by Gasteiger charge is 2.14. The van der Waals surface area contributed by atoms with Gasteiger partial charge < -0.3 is 19.5 Å². The molecule has 146 valence electrons. The number of nitrogens with one attached hydrogen (secondary N) is 1. The molecule has 2 aromatic rings. The maximum absolute atomic E-state index is 12.5. The van der Waals surface area contributed by atoms with Crippen molar-refractivity contribution in [3.05, 3.63) is 52.0 Å². The smallest absolute Gasteiger partial charge is 0.266 e. The highest BCUT2D eigenvalue weighted by Crippen LogP contribution is 2.34. The quantitative estimate of drug-likeness (QED) is 0.467. The van der Waals surface area contributed by atoms with Gasteiger partial charge in [0.1, 0.15) is 17.4 Å². The molecule has 0 atom stereocenters. The minimum absolute atomic E-state index is 0.0409. The van der Waals surface area contributed by atoms with E-state index < -0.39 is 5.91 Å². The number of nitriles is 1. The SMILES string of the molecule is CCCOc1cc(Br)c(/C=C(/C#N)C(=O)Nc2ccc(OC)cc2)cc1OC. The van der Waals surface area contributed by atoms with Crippen LogP contribution in [0.25, 0.3) is 6.08 Å². The Morgan fingerprint density at radius 2 is 1.89 bits per heavy atom. The van der Waals surface area contributed by atoms with Gasteiger partial charge in [0.05, 0.1) is 20.8 Å². The number of hydrogen-bond donors (Lipinski definition) is 1. The van der Waals surface area contributed by atoms with Gasteiger partial charge in [-0.1, -0.05) is 22.9 Å². The molecule has 0 spiro atoms. The van der Waals surface area contributed by atoms with E-state index in [1.54, 1.807) is 43.5 Å². The van der Waals surface area contributed by atoms with Gasteiger partial charge >= 0.3 is 0 Å². The first kappa shape index (κ1) is 21.3. The Bertz CT molecular complexity index is 902. The number of rotatable bonds is 8. The van der Waals surface area contributed by atoms with Crippen LogP contribution in [0, 0.1) is 11.3 Å². The highest BCUT2D eigenvalue weighted by molar-refractivity contribution is 9.10.